The van der Waals surface area contributed by atoms with Crippen LogP contribution >= 0.6 is 0 Å². The lowest BCUT2D eigenvalue weighted by Gasteiger charge is -2.34. The lowest BCUT2D eigenvalue weighted by Crippen LogP contribution is -2.57. The third kappa shape index (κ3) is 8.52. The fourth-order valence-corrected chi connectivity index (χ4v) is 3.85. The molecule has 1 atom stereocenters. The number of hydrogen-bond donors (Lipinski definition) is 1. The molecule has 1 aromatic rings. The fourth-order valence-electron chi connectivity index (χ4n) is 3.85. The van der Waals surface area contributed by atoms with Crippen molar-refractivity contribution in [3.8, 4) is 5.75 Å². The predicted molar refractivity (Wildman–Crippen MR) is 124 cm³/mol. The van der Waals surface area contributed by atoms with E-state index in [1.165, 1.54) is 37.0 Å². The first-order chi connectivity index (χ1) is 15.6. The van der Waals surface area contributed by atoms with E-state index in [0.717, 1.165) is 19.3 Å². The van der Waals surface area contributed by atoms with Gasteiger partial charge in [-0.1, -0.05) is 57.9 Å². The van der Waals surface area contributed by atoms with Gasteiger partial charge in [0.15, 0.2) is 0 Å². The highest BCUT2D eigenvalue weighted by molar-refractivity contribution is 5.99. The van der Waals surface area contributed by atoms with Crippen LogP contribution in [0, 0.1) is 0 Å². The molecule has 32 heavy (non-hydrogen) atoms. The summed E-state index contributed by atoms with van der Waals surface area (Å²) in [5.41, 5.74) is 0.433. The summed E-state index contributed by atoms with van der Waals surface area (Å²) in [5, 5.41) is 2.75. The average Bonchev–Trinajstić information content (AvgIpc) is 2.79. The van der Waals surface area contributed by atoms with Gasteiger partial charge in [0.25, 0.3) is 5.91 Å². The minimum Gasteiger partial charge on any atom is -0.494 e. The van der Waals surface area contributed by atoms with Gasteiger partial charge in [0.05, 0.1) is 19.6 Å². The van der Waals surface area contributed by atoms with Gasteiger partial charge in [-0.05, 0) is 31.5 Å². The second-order valence-electron chi connectivity index (χ2n) is 8.17. The van der Waals surface area contributed by atoms with Crippen molar-refractivity contribution < 1.29 is 23.9 Å². The van der Waals surface area contributed by atoms with Crippen molar-refractivity contribution in [1.82, 2.24) is 10.2 Å². The minimum atomic E-state index is -0.863. The highest BCUT2D eigenvalue weighted by Gasteiger charge is 2.35. The number of ether oxygens (including phenoxy) is 2. The standard InChI is InChI=1S/C25H38N2O5/c1-3-5-6-7-8-9-10-11-17-32-23(28)19-22-24(29)26-15-16-27(22)25(30)20-13-12-14-21(18-20)31-4-2/h12-14,18,22H,3-11,15-17,19H2,1-2H3,(H,26,29). The summed E-state index contributed by atoms with van der Waals surface area (Å²) in [4.78, 5) is 39.3. The van der Waals surface area contributed by atoms with Crippen molar-refractivity contribution in [3.05, 3.63) is 29.8 Å². The number of nitrogens with zero attached hydrogens (tertiary/aromatic N) is 1. The van der Waals surface area contributed by atoms with E-state index in [4.69, 9.17) is 9.47 Å². The van der Waals surface area contributed by atoms with E-state index >= 15 is 0 Å². The van der Waals surface area contributed by atoms with Crippen LogP contribution in [-0.4, -0.2) is 55.0 Å². The fraction of sp³-hybridized carbons (Fsp3) is 0.640. The van der Waals surface area contributed by atoms with Crippen molar-refractivity contribution in [2.75, 3.05) is 26.3 Å². The third-order valence-corrected chi connectivity index (χ3v) is 5.60. The molecule has 2 rings (SSSR count). The molecule has 2 amide bonds. The summed E-state index contributed by atoms with van der Waals surface area (Å²) < 4.78 is 10.8. The maximum Gasteiger partial charge on any atom is 0.308 e. The van der Waals surface area contributed by atoms with Crippen LogP contribution in [0.3, 0.4) is 0 Å². The van der Waals surface area contributed by atoms with Gasteiger partial charge in [0, 0.05) is 18.7 Å². The number of unbranched alkanes of at least 4 members (excludes halogenated alkanes) is 7. The minimum absolute atomic E-state index is 0.139. The molecule has 0 radical (unpaired) electrons. The summed E-state index contributed by atoms with van der Waals surface area (Å²) >= 11 is 0. The van der Waals surface area contributed by atoms with Gasteiger partial charge in [-0.2, -0.15) is 0 Å². The topological polar surface area (TPSA) is 84.9 Å². The number of carbonyl (C=O) groups is 3. The SMILES string of the molecule is CCCCCCCCCCOC(=O)CC1C(=O)NCCN1C(=O)c1cccc(OCC)c1. The van der Waals surface area contributed by atoms with Gasteiger partial charge >= 0.3 is 5.97 Å². The van der Waals surface area contributed by atoms with Crippen LogP contribution in [0.5, 0.6) is 5.75 Å². The first-order valence-electron chi connectivity index (χ1n) is 12.0. The number of piperazine rings is 1. The summed E-state index contributed by atoms with van der Waals surface area (Å²) in [7, 11) is 0. The van der Waals surface area contributed by atoms with Crippen molar-refractivity contribution in [3.63, 3.8) is 0 Å². The highest BCUT2D eigenvalue weighted by atomic mass is 16.5. The molecule has 1 unspecified atom stereocenters. The van der Waals surface area contributed by atoms with Crippen LogP contribution < -0.4 is 10.1 Å². The molecule has 0 aromatic heterocycles. The number of esters is 1. The molecule has 0 aliphatic carbocycles. The quantitative estimate of drug-likeness (QED) is 0.344. The van der Waals surface area contributed by atoms with Gasteiger partial charge in [-0.25, -0.2) is 0 Å². The van der Waals surface area contributed by atoms with Gasteiger partial charge < -0.3 is 19.7 Å². The van der Waals surface area contributed by atoms with Crippen LogP contribution in [0.1, 0.15) is 82.0 Å². The van der Waals surface area contributed by atoms with E-state index in [-0.39, 0.29) is 18.2 Å². The van der Waals surface area contributed by atoms with Crippen LogP contribution in [0.2, 0.25) is 0 Å². The lowest BCUT2D eigenvalue weighted by atomic mass is 10.1. The molecule has 1 aliphatic heterocycles. The predicted octanol–water partition coefficient (Wildman–Crippen LogP) is 4.10. The Morgan fingerprint density at radius 1 is 1.06 bits per heavy atom. The average molecular weight is 447 g/mol. The largest absolute Gasteiger partial charge is 0.494 e. The van der Waals surface area contributed by atoms with Crippen LogP contribution in [-0.2, 0) is 14.3 Å². The van der Waals surface area contributed by atoms with Crippen LogP contribution in [0.15, 0.2) is 24.3 Å². The Kier molecular flexibility index (Phi) is 11.6. The van der Waals surface area contributed by atoms with E-state index in [9.17, 15) is 14.4 Å². The van der Waals surface area contributed by atoms with E-state index in [1.54, 1.807) is 24.3 Å². The van der Waals surface area contributed by atoms with E-state index in [2.05, 4.69) is 12.2 Å². The smallest absolute Gasteiger partial charge is 0.308 e. The summed E-state index contributed by atoms with van der Waals surface area (Å²) in [5.74, 6) is -0.464. The van der Waals surface area contributed by atoms with Crippen LogP contribution in [0.25, 0.3) is 0 Å². The Morgan fingerprint density at radius 3 is 2.50 bits per heavy atom. The Balaban J connectivity index is 1.81. The Hall–Kier alpha value is -2.57. The molecular formula is C25H38N2O5. The molecule has 0 bridgehead atoms. The highest BCUT2D eigenvalue weighted by Crippen LogP contribution is 2.19. The summed E-state index contributed by atoms with van der Waals surface area (Å²) in [6.07, 6.45) is 9.18. The van der Waals surface area contributed by atoms with Gasteiger partial charge in [0.1, 0.15) is 11.8 Å². The molecule has 1 N–H and O–H groups in total. The molecule has 0 spiro atoms. The van der Waals surface area contributed by atoms with E-state index < -0.39 is 12.0 Å². The number of nitrogens with one attached hydrogen (secondary N) is 1. The Labute approximate surface area is 191 Å². The second kappa shape index (κ2) is 14.5. The number of carbonyl (C=O) groups excluding carboxylic acids is 3. The number of amides is 2. The van der Waals surface area contributed by atoms with Crippen molar-refractivity contribution in [2.45, 2.75) is 77.7 Å². The molecule has 1 saturated heterocycles. The molecular weight excluding hydrogens is 408 g/mol. The summed E-state index contributed by atoms with van der Waals surface area (Å²) in [6.45, 7) is 5.64. The lowest BCUT2D eigenvalue weighted by molar-refractivity contribution is -0.147. The zero-order chi connectivity index (χ0) is 23.2. The van der Waals surface area contributed by atoms with E-state index in [1.807, 2.05) is 6.92 Å². The van der Waals surface area contributed by atoms with Crippen molar-refractivity contribution >= 4 is 17.8 Å². The summed E-state index contributed by atoms with van der Waals surface area (Å²) in [6, 6.07) is 6.02. The second-order valence-corrected chi connectivity index (χ2v) is 8.17. The first-order valence-corrected chi connectivity index (χ1v) is 12.0. The number of hydrogen-bond acceptors (Lipinski definition) is 5. The molecule has 1 aromatic carbocycles. The molecule has 0 saturated carbocycles. The zero-order valence-corrected chi connectivity index (χ0v) is 19.6. The normalized spacial score (nSPS) is 15.9. The number of rotatable bonds is 14. The monoisotopic (exact) mass is 446 g/mol. The van der Waals surface area contributed by atoms with Crippen LogP contribution in [0.4, 0.5) is 0 Å². The zero-order valence-electron chi connectivity index (χ0n) is 19.6. The van der Waals surface area contributed by atoms with Gasteiger partial charge in [-0.3, -0.25) is 14.4 Å². The Morgan fingerprint density at radius 2 is 1.78 bits per heavy atom. The van der Waals surface area contributed by atoms with Gasteiger partial charge in [0.2, 0.25) is 5.91 Å². The molecule has 7 nitrogen and oxygen atoms in total. The van der Waals surface area contributed by atoms with Crippen molar-refractivity contribution in [2.24, 2.45) is 0 Å². The Bertz CT molecular complexity index is 737. The molecule has 1 fully saturated rings. The third-order valence-electron chi connectivity index (χ3n) is 5.60. The molecule has 7 heteroatoms. The maximum atomic E-state index is 13.1. The van der Waals surface area contributed by atoms with E-state index in [0.29, 0.717) is 37.6 Å². The molecule has 1 aliphatic rings. The maximum absolute atomic E-state index is 13.1. The number of benzene rings is 1. The van der Waals surface area contributed by atoms with Gasteiger partial charge in [-0.15, -0.1) is 0 Å². The van der Waals surface area contributed by atoms with Crippen molar-refractivity contribution in [1.29, 1.82) is 0 Å². The first kappa shape index (κ1) is 25.7. The molecule has 1 heterocycles. The molecule has 178 valence electrons.